The van der Waals surface area contributed by atoms with E-state index in [4.69, 9.17) is 5.26 Å². The molecule has 0 amide bonds. The summed E-state index contributed by atoms with van der Waals surface area (Å²) < 4.78 is 0. The van der Waals surface area contributed by atoms with Crippen LogP contribution in [0.4, 0.5) is 0 Å². The monoisotopic (exact) mass is 216 g/mol. The molecule has 2 nitrogen and oxygen atoms in total. The van der Waals surface area contributed by atoms with Crippen molar-refractivity contribution in [1.29, 1.82) is 5.26 Å². The van der Waals surface area contributed by atoms with Gasteiger partial charge >= 0.3 is 0 Å². The van der Waals surface area contributed by atoms with E-state index in [1.54, 1.807) is 0 Å². The minimum Gasteiger partial charge on any atom is -0.295 e. The Labute approximate surface area is 98.3 Å². The fourth-order valence-electron chi connectivity index (χ4n) is 1.57. The molecule has 0 heterocycles. The summed E-state index contributed by atoms with van der Waals surface area (Å²) in [5, 5.41) is 12.5. The standard InChI is InChI=1S/C14H20N2/c1-11(12-8-6-5-7-9-12)16-13(10-15)14(2,3)4/h5-9,11,13,16H,1-4H3/t11-,13?/m0/s1. The van der Waals surface area contributed by atoms with Gasteiger partial charge in [0.15, 0.2) is 0 Å². The van der Waals surface area contributed by atoms with Gasteiger partial charge in [-0.3, -0.25) is 5.32 Å². The van der Waals surface area contributed by atoms with Crippen LogP contribution in [0, 0.1) is 16.7 Å². The molecule has 1 aromatic carbocycles. The molecule has 86 valence electrons. The average molecular weight is 216 g/mol. The van der Waals surface area contributed by atoms with Crippen molar-refractivity contribution in [2.45, 2.75) is 39.8 Å². The number of nitrogens with one attached hydrogen (secondary N) is 1. The van der Waals surface area contributed by atoms with E-state index in [-0.39, 0.29) is 17.5 Å². The molecule has 0 aliphatic carbocycles. The van der Waals surface area contributed by atoms with Crippen LogP contribution in [0.1, 0.15) is 39.3 Å². The van der Waals surface area contributed by atoms with Gasteiger partial charge in [0, 0.05) is 6.04 Å². The molecule has 0 radical (unpaired) electrons. The van der Waals surface area contributed by atoms with Gasteiger partial charge < -0.3 is 0 Å². The minimum absolute atomic E-state index is 0.0439. The van der Waals surface area contributed by atoms with Crippen LogP contribution in [-0.4, -0.2) is 6.04 Å². The van der Waals surface area contributed by atoms with Crippen molar-refractivity contribution in [2.24, 2.45) is 5.41 Å². The topological polar surface area (TPSA) is 35.8 Å². The van der Waals surface area contributed by atoms with Crippen molar-refractivity contribution in [3.05, 3.63) is 35.9 Å². The first-order valence-corrected chi connectivity index (χ1v) is 5.66. The van der Waals surface area contributed by atoms with E-state index >= 15 is 0 Å². The first kappa shape index (κ1) is 12.7. The molecule has 0 aromatic heterocycles. The number of benzene rings is 1. The third kappa shape index (κ3) is 3.36. The van der Waals surface area contributed by atoms with Crippen molar-refractivity contribution >= 4 is 0 Å². The molecule has 1 N–H and O–H groups in total. The van der Waals surface area contributed by atoms with Gasteiger partial charge in [0.2, 0.25) is 0 Å². The summed E-state index contributed by atoms with van der Waals surface area (Å²) in [6, 6.07) is 12.6. The van der Waals surface area contributed by atoms with Gasteiger partial charge in [-0.1, -0.05) is 51.1 Å². The highest BCUT2D eigenvalue weighted by Gasteiger charge is 2.25. The van der Waals surface area contributed by atoms with Gasteiger partial charge in [-0.25, -0.2) is 0 Å². The zero-order valence-corrected chi connectivity index (χ0v) is 10.5. The van der Waals surface area contributed by atoms with Gasteiger partial charge in [0.05, 0.1) is 6.07 Å². The number of rotatable bonds is 3. The SMILES string of the molecule is C[C@H](NC(C#N)C(C)(C)C)c1ccccc1. The molecule has 0 aliphatic rings. The van der Waals surface area contributed by atoms with Crippen molar-refractivity contribution in [2.75, 3.05) is 0 Å². The summed E-state index contributed by atoms with van der Waals surface area (Å²) in [4.78, 5) is 0. The second-order valence-electron chi connectivity index (χ2n) is 5.23. The highest BCUT2D eigenvalue weighted by atomic mass is 15.0. The molecule has 0 spiro atoms. The maximum Gasteiger partial charge on any atom is 0.101 e. The first-order valence-electron chi connectivity index (χ1n) is 5.66. The fraction of sp³-hybridized carbons (Fsp3) is 0.500. The zero-order valence-electron chi connectivity index (χ0n) is 10.5. The number of hydrogen-bond donors (Lipinski definition) is 1. The first-order chi connectivity index (χ1) is 7.45. The average Bonchev–Trinajstić information content (AvgIpc) is 2.25. The lowest BCUT2D eigenvalue weighted by atomic mass is 9.87. The lowest BCUT2D eigenvalue weighted by molar-refractivity contribution is 0.300. The summed E-state index contributed by atoms with van der Waals surface area (Å²) in [6.07, 6.45) is 0. The molecular weight excluding hydrogens is 196 g/mol. The maximum absolute atomic E-state index is 9.14. The third-order valence-corrected chi connectivity index (χ3v) is 2.71. The predicted octanol–water partition coefficient (Wildman–Crippen LogP) is 3.28. The van der Waals surface area contributed by atoms with Gasteiger partial charge in [0.1, 0.15) is 6.04 Å². The smallest absolute Gasteiger partial charge is 0.101 e. The van der Waals surface area contributed by atoms with Crippen molar-refractivity contribution in [3.8, 4) is 6.07 Å². The van der Waals surface area contributed by atoms with Gasteiger partial charge in [-0.2, -0.15) is 5.26 Å². The van der Waals surface area contributed by atoms with Crippen LogP contribution in [-0.2, 0) is 0 Å². The van der Waals surface area contributed by atoms with Gasteiger partial charge in [-0.05, 0) is 17.9 Å². The number of nitrogens with zero attached hydrogens (tertiary/aromatic N) is 1. The Hall–Kier alpha value is -1.33. The van der Waals surface area contributed by atoms with Crippen LogP contribution in [0.3, 0.4) is 0 Å². The van der Waals surface area contributed by atoms with Crippen LogP contribution >= 0.6 is 0 Å². The molecule has 1 rings (SSSR count). The third-order valence-electron chi connectivity index (χ3n) is 2.71. The summed E-state index contributed by atoms with van der Waals surface area (Å²) in [5.74, 6) is 0. The lowest BCUT2D eigenvalue weighted by Gasteiger charge is -2.28. The van der Waals surface area contributed by atoms with E-state index in [0.29, 0.717) is 0 Å². The van der Waals surface area contributed by atoms with E-state index in [2.05, 4.69) is 51.2 Å². The lowest BCUT2D eigenvalue weighted by Crippen LogP contribution is -2.40. The highest BCUT2D eigenvalue weighted by molar-refractivity contribution is 5.19. The van der Waals surface area contributed by atoms with Gasteiger partial charge in [0.25, 0.3) is 0 Å². The van der Waals surface area contributed by atoms with Crippen molar-refractivity contribution in [3.63, 3.8) is 0 Å². The van der Waals surface area contributed by atoms with E-state index < -0.39 is 0 Å². The Bertz CT molecular complexity index is 357. The second kappa shape index (κ2) is 5.14. The van der Waals surface area contributed by atoms with Crippen LogP contribution in [0.15, 0.2) is 30.3 Å². The minimum atomic E-state index is -0.136. The highest BCUT2D eigenvalue weighted by Crippen LogP contribution is 2.22. The molecule has 1 unspecified atom stereocenters. The zero-order chi connectivity index (χ0) is 12.2. The molecule has 0 saturated heterocycles. The summed E-state index contributed by atoms with van der Waals surface area (Å²) >= 11 is 0. The normalized spacial score (nSPS) is 15.2. The van der Waals surface area contributed by atoms with Crippen LogP contribution in [0.5, 0.6) is 0 Å². The molecule has 0 saturated carbocycles. The fourth-order valence-corrected chi connectivity index (χ4v) is 1.57. The van der Waals surface area contributed by atoms with Crippen LogP contribution in [0.25, 0.3) is 0 Å². The quantitative estimate of drug-likeness (QED) is 0.841. The molecule has 0 bridgehead atoms. The molecule has 2 atom stereocenters. The molecular formula is C14H20N2. The predicted molar refractivity (Wildman–Crippen MR) is 66.8 cm³/mol. The van der Waals surface area contributed by atoms with Crippen LogP contribution < -0.4 is 5.32 Å². The van der Waals surface area contributed by atoms with Gasteiger partial charge in [-0.15, -0.1) is 0 Å². The summed E-state index contributed by atoms with van der Waals surface area (Å²) in [6.45, 7) is 8.31. The van der Waals surface area contributed by atoms with E-state index in [1.165, 1.54) is 5.56 Å². The Morgan fingerprint density at radius 3 is 2.19 bits per heavy atom. The van der Waals surface area contributed by atoms with E-state index in [9.17, 15) is 0 Å². The Morgan fingerprint density at radius 2 is 1.75 bits per heavy atom. The second-order valence-corrected chi connectivity index (χ2v) is 5.23. The molecule has 2 heteroatoms. The molecule has 1 aromatic rings. The molecule has 16 heavy (non-hydrogen) atoms. The number of nitriles is 1. The van der Waals surface area contributed by atoms with E-state index in [1.807, 2.05) is 18.2 Å². The number of hydrogen-bond acceptors (Lipinski definition) is 2. The molecule has 0 aliphatic heterocycles. The van der Waals surface area contributed by atoms with E-state index in [0.717, 1.165) is 0 Å². The Balaban J connectivity index is 2.72. The molecule has 0 fully saturated rings. The van der Waals surface area contributed by atoms with Crippen molar-refractivity contribution in [1.82, 2.24) is 5.32 Å². The summed E-state index contributed by atoms with van der Waals surface area (Å²) in [5.41, 5.74) is 1.17. The Kier molecular flexibility index (Phi) is 4.09. The van der Waals surface area contributed by atoms with Crippen LogP contribution in [0.2, 0.25) is 0 Å². The maximum atomic E-state index is 9.14. The summed E-state index contributed by atoms with van der Waals surface area (Å²) in [7, 11) is 0. The van der Waals surface area contributed by atoms with Crippen molar-refractivity contribution < 1.29 is 0 Å². The Morgan fingerprint density at radius 1 is 1.19 bits per heavy atom. The largest absolute Gasteiger partial charge is 0.295 e.